The Morgan fingerprint density at radius 3 is 2.88 bits per heavy atom. The average Bonchev–Trinajstić information content (AvgIpc) is 2.98. The van der Waals surface area contributed by atoms with Gasteiger partial charge in [-0.05, 0) is 73.3 Å². The Morgan fingerprint density at radius 1 is 1.19 bits per heavy atom. The first-order valence-electron chi connectivity index (χ1n) is 9.57. The summed E-state index contributed by atoms with van der Waals surface area (Å²) in [4.78, 5) is 0. The van der Waals surface area contributed by atoms with E-state index < -0.39 is 0 Å². The minimum atomic E-state index is -0.284. The molecule has 1 heterocycles. The molecule has 0 unspecified atom stereocenters. The number of rotatable bonds is 5. The maximum atomic E-state index is 14.2. The molecule has 0 bridgehead atoms. The highest BCUT2D eigenvalue weighted by Gasteiger charge is 2.20. The average molecular weight is 351 g/mol. The van der Waals surface area contributed by atoms with Crippen LogP contribution in [0.4, 0.5) is 4.39 Å². The number of methoxy groups -OCH3 is 1. The zero-order chi connectivity index (χ0) is 18.1. The van der Waals surface area contributed by atoms with Crippen molar-refractivity contribution in [2.24, 2.45) is 7.05 Å². The van der Waals surface area contributed by atoms with Gasteiger partial charge in [0.1, 0.15) is 0 Å². The van der Waals surface area contributed by atoms with Gasteiger partial charge in [-0.2, -0.15) is 0 Å². The fourth-order valence-electron chi connectivity index (χ4n) is 4.60. The first-order valence-corrected chi connectivity index (χ1v) is 9.57. The molecular formula is C23H26FNO. The van der Waals surface area contributed by atoms with Gasteiger partial charge >= 0.3 is 0 Å². The van der Waals surface area contributed by atoms with Crippen LogP contribution >= 0.6 is 0 Å². The molecule has 1 aliphatic carbocycles. The van der Waals surface area contributed by atoms with Crippen molar-refractivity contribution in [1.29, 1.82) is 0 Å². The van der Waals surface area contributed by atoms with Crippen molar-refractivity contribution < 1.29 is 9.13 Å². The summed E-state index contributed by atoms with van der Waals surface area (Å²) in [6, 6.07) is 12.2. The van der Waals surface area contributed by atoms with Gasteiger partial charge in [0.2, 0.25) is 0 Å². The third-order valence-corrected chi connectivity index (χ3v) is 5.83. The van der Waals surface area contributed by atoms with E-state index in [-0.39, 0.29) is 5.82 Å². The third kappa shape index (κ3) is 3.00. The van der Waals surface area contributed by atoms with Gasteiger partial charge in [0, 0.05) is 18.6 Å². The van der Waals surface area contributed by atoms with E-state index in [0.29, 0.717) is 11.7 Å². The molecule has 0 saturated carbocycles. The highest BCUT2D eigenvalue weighted by molar-refractivity contribution is 5.90. The summed E-state index contributed by atoms with van der Waals surface area (Å²) in [6.45, 7) is 0. The van der Waals surface area contributed by atoms with E-state index in [9.17, 15) is 4.39 Å². The van der Waals surface area contributed by atoms with Gasteiger partial charge < -0.3 is 9.30 Å². The molecule has 2 nitrogen and oxygen atoms in total. The van der Waals surface area contributed by atoms with Crippen LogP contribution in [0.3, 0.4) is 0 Å². The lowest BCUT2D eigenvalue weighted by Gasteiger charge is -2.25. The molecule has 1 atom stereocenters. The van der Waals surface area contributed by atoms with Gasteiger partial charge in [0.05, 0.1) is 12.6 Å². The topological polar surface area (TPSA) is 14.2 Å². The Morgan fingerprint density at radius 2 is 2.04 bits per heavy atom. The lowest BCUT2D eigenvalue weighted by molar-refractivity contribution is 0.391. The third-order valence-electron chi connectivity index (χ3n) is 5.83. The molecule has 0 radical (unpaired) electrons. The highest BCUT2D eigenvalue weighted by Crippen LogP contribution is 2.37. The molecule has 2 aromatic carbocycles. The second-order valence-corrected chi connectivity index (χ2v) is 7.42. The molecule has 1 aromatic heterocycles. The second kappa shape index (κ2) is 7.14. The van der Waals surface area contributed by atoms with Crippen LogP contribution in [0.5, 0.6) is 5.75 Å². The minimum absolute atomic E-state index is 0.284. The Hall–Kier alpha value is -2.29. The highest BCUT2D eigenvalue weighted by atomic mass is 19.1. The number of hydrogen-bond donors (Lipinski definition) is 0. The Labute approximate surface area is 154 Å². The standard InChI is InChI=1S/C23H26FNO/c1-25-15-18(22-21(25)14-13-20(24)23(22)26-2)11-6-10-17-9-5-8-16-7-3-4-12-19(16)17/h3-4,7,12-15,17H,5-6,8-11H2,1-2H3/t17-/m1/s1. The zero-order valence-electron chi connectivity index (χ0n) is 15.6. The van der Waals surface area contributed by atoms with Crippen LogP contribution in [0.15, 0.2) is 42.6 Å². The maximum absolute atomic E-state index is 14.2. The molecule has 0 amide bonds. The van der Waals surface area contributed by atoms with Crippen molar-refractivity contribution in [3.8, 4) is 5.75 Å². The van der Waals surface area contributed by atoms with Gasteiger partial charge in [0.25, 0.3) is 0 Å². The normalized spacial score (nSPS) is 16.7. The van der Waals surface area contributed by atoms with E-state index >= 15 is 0 Å². The molecule has 0 saturated heterocycles. The van der Waals surface area contributed by atoms with E-state index in [1.165, 1.54) is 42.9 Å². The molecule has 0 aliphatic heterocycles. The number of benzene rings is 2. The summed E-state index contributed by atoms with van der Waals surface area (Å²) >= 11 is 0. The van der Waals surface area contributed by atoms with E-state index in [1.807, 2.05) is 13.1 Å². The summed E-state index contributed by atoms with van der Waals surface area (Å²) in [5.74, 6) is 0.753. The largest absolute Gasteiger partial charge is 0.493 e. The summed E-state index contributed by atoms with van der Waals surface area (Å²) in [7, 11) is 3.56. The quantitative estimate of drug-likeness (QED) is 0.569. The molecular weight excluding hydrogens is 325 g/mol. The molecule has 0 spiro atoms. The van der Waals surface area contributed by atoms with Crippen LogP contribution in [0.1, 0.15) is 48.3 Å². The van der Waals surface area contributed by atoms with Gasteiger partial charge in [0.15, 0.2) is 11.6 Å². The Balaban J connectivity index is 1.54. The predicted molar refractivity (Wildman–Crippen MR) is 104 cm³/mol. The Bertz CT molecular complexity index is 927. The van der Waals surface area contributed by atoms with Crippen molar-refractivity contribution in [3.63, 3.8) is 0 Å². The fourth-order valence-corrected chi connectivity index (χ4v) is 4.60. The van der Waals surface area contributed by atoms with E-state index in [2.05, 4.69) is 35.0 Å². The molecule has 3 aromatic rings. The zero-order valence-corrected chi connectivity index (χ0v) is 15.6. The monoisotopic (exact) mass is 351 g/mol. The van der Waals surface area contributed by atoms with Gasteiger partial charge in [-0.1, -0.05) is 24.3 Å². The minimum Gasteiger partial charge on any atom is -0.493 e. The molecule has 4 rings (SSSR count). The number of halogens is 1. The van der Waals surface area contributed by atoms with E-state index in [1.54, 1.807) is 12.7 Å². The summed E-state index contributed by atoms with van der Waals surface area (Å²) in [6.07, 6.45) is 9.16. The number of ether oxygens (including phenoxy) is 1. The van der Waals surface area contributed by atoms with Crippen LogP contribution in [0.2, 0.25) is 0 Å². The first-order chi connectivity index (χ1) is 12.7. The van der Waals surface area contributed by atoms with Gasteiger partial charge in [-0.15, -0.1) is 0 Å². The van der Waals surface area contributed by atoms with E-state index in [0.717, 1.165) is 23.7 Å². The summed E-state index contributed by atoms with van der Waals surface area (Å²) < 4.78 is 21.6. The van der Waals surface area contributed by atoms with Crippen LogP contribution in [0.25, 0.3) is 10.9 Å². The van der Waals surface area contributed by atoms with Gasteiger partial charge in [-0.25, -0.2) is 4.39 Å². The van der Waals surface area contributed by atoms with Crippen molar-refractivity contribution in [3.05, 3.63) is 65.1 Å². The van der Waals surface area contributed by atoms with Crippen LogP contribution in [0, 0.1) is 5.82 Å². The van der Waals surface area contributed by atoms with Gasteiger partial charge in [-0.3, -0.25) is 0 Å². The van der Waals surface area contributed by atoms with Crippen LogP contribution in [-0.4, -0.2) is 11.7 Å². The Kier molecular flexibility index (Phi) is 4.71. The number of aryl methyl sites for hydroxylation is 3. The van der Waals surface area contributed by atoms with Crippen molar-refractivity contribution in [1.82, 2.24) is 4.57 Å². The lowest BCUT2D eigenvalue weighted by Crippen LogP contribution is -2.09. The van der Waals surface area contributed by atoms with Crippen molar-refractivity contribution >= 4 is 10.9 Å². The number of aromatic nitrogens is 1. The molecule has 136 valence electrons. The number of hydrogen-bond acceptors (Lipinski definition) is 1. The molecule has 0 N–H and O–H groups in total. The summed E-state index contributed by atoms with van der Waals surface area (Å²) in [5, 5.41) is 0.930. The molecule has 0 fully saturated rings. The summed E-state index contributed by atoms with van der Waals surface area (Å²) in [5.41, 5.74) is 5.28. The molecule has 1 aliphatic rings. The first kappa shape index (κ1) is 17.1. The number of nitrogens with zero attached hydrogens (tertiary/aromatic N) is 1. The van der Waals surface area contributed by atoms with Crippen LogP contribution in [-0.2, 0) is 19.9 Å². The molecule has 26 heavy (non-hydrogen) atoms. The van der Waals surface area contributed by atoms with Crippen molar-refractivity contribution in [2.75, 3.05) is 7.11 Å². The maximum Gasteiger partial charge on any atom is 0.165 e. The second-order valence-electron chi connectivity index (χ2n) is 7.42. The predicted octanol–water partition coefficient (Wildman–Crippen LogP) is 5.77. The lowest BCUT2D eigenvalue weighted by atomic mass is 9.80. The number of fused-ring (bicyclic) bond motifs is 2. The van der Waals surface area contributed by atoms with Crippen molar-refractivity contribution in [2.45, 2.75) is 44.4 Å². The van der Waals surface area contributed by atoms with Crippen LogP contribution < -0.4 is 4.74 Å². The van der Waals surface area contributed by atoms with E-state index in [4.69, 9.17) is 4.74 Å². The fraction of sp³-hybridized carbons (Fsp3) is 0.391. The molecule has 3 heteroatoms. The smallest absolute Gasteiger partial charge is 0.165 e. The SMILES string of the molecule is COc1c(F)ccc2c1c(CCC[C@H]1CCCc3ccccc31)cn2C.